The van der Waals surface area contributed by atoms with Gasteiger partial charge < -0.3 is 19.1 Å². The normalized spacial score (nSPS) is 17.2. The third kappa shape index (κ3) is 11.4. The van der Waals surface area contributed by atoms with Crippen molar-refractivity contribution in [1.29, 1.82) is 0 Å². The minimum atomic E-state index is 0.724. The second-order valence-electron chi connectivity index (χ2n) is 6.13. The Hall–Kier alpha value is -0.200. The zero-order valence-corrected chi connectivity index (χ0v) is 14.7. The highest BCUT2D eigenvalue weighted by molar-refractivity contribution is 4.68. The van der Waals surface area contributed by atoms with E-state index in [0.717, 1.165) is 46.0 Å². The van der Waals surface area contributed by atoms with Gasteiger partial charge in [0.25, 0.3) is 0 Å². The van der Waals surface area contributed by atoms with Crippen LogP contribution in [0.1, 0.15) is 32.1 Å². The SMILES string of the molecule is COCCCCCCCOCCOCCN1CCN(C)CC1. The molecule has 5 heteroatoms. The van der Waals surface area contributed by atoms with Crippen molar-refractivity contribution in [2.75, 3.05) is 79.9 Å². The number of nitrogens with zero attached hydrogens (tertiary/aromatic N) is 2. The maximum absolute atomic E-state index is 5.64. The zero-order chi connectivity index (χ0) is 15.9. The number of hydrogen-bond donors (Lipinski definition) is 0. The molecule has 132 valence electrons. The molecule has 0 aromatic heterocycles. The molecule has 0 N–H and O–H groups in total. The van der Waals surface area contributed by atoms with E-state index in [-0.39, 0.29) is 0 Å². The summed E-state index contributed by atoms with van der Waals surface area (Å²) in [5, 5.41) is 0. The van der Waals surface area contributed by atoms with Gasteiger partial charge in [0.15, 0.2) is 0 Å². The molecule has 22 heavy (non-hydrogen) atoms. The molecule has 5 nitrogen and oxygen atoms in total. The lowest BCUT2D eigenvalue weighted by atomic mass is 10.1. The Kier molecular flexibility index (Phi) is 13.0. The second kappa shape index (κ2) is 14.4. The van der Waals surface area contributed by atoms with Gasteiger partial charge in [0.05, 0.1) is 19.8 Å². The quantitative estimate of drug-likeness (QED) is 0.457. The summed E-state index contributed by atoms with van der Waals surface area (Å²) in [6, 6.07) is 0. The van der Waals surface area contributed by atoms with E-state index in [0.29, 0.717) is 0 Å². The van der Waals surface area contributed by atoms with Crippen LogP contribution in [0.3, 0.4) is 0 Å². The van der Waals surface area contributed by atoms with Crippen molar-refractivity contribution in [3.63, 3.8) is 0 Å². The fourth-order valence-corrected chi connectivity index (χ4v) is 2.57. The molecule has 1 aliphatic heterocycles. The lowest BCUT2D eigenvalue weighted by molar-refractivity contribution is 0.0322. The van der Waals surface area contributed by atoms with E-state index in [1.807, 2.05) is 0 Å². The van der Waals surface area contributed by atoms with E-state index in [1.54, 1.807) is 7.11 Å². The third-order valence-corrected chi connectivity index (χ3v) is 4.16. The van der Waals surface area contributed by atoms with Crippen LogP contribution in [-0.4, -0.2) is 89.7 Å². The first kappa shape index (κ1) is 19.8. The van der Waals surface area contributed by atoms with Crippen molar-refractivity contribution >= 4 is 0 Å². The molecule has 0 aromatic rings. The average Bonchev–Trinajstić information content (AvgIpc) is 2.53. The van der Waals surface area contributed by atoms with E-state index in [4.69, 9.17) is 14.2 Å². The molecule has 0 radical (unpaired) electrons. The molecule has 0 amide bonds. The van der Waals surface area contributed by atoms with Gasteiger partial charge in [0.1, 0.15) is 0 Å². The predicted molar refractivity (Wildman–Crippen MR) is 90.5 cm³/mol. The van der Waals surface area contributed by atoms with Crippen molar-refractivity contribution in [2.24, 2.45) is 0 Å². The van der Waals surface area contributed by atoms with Crippen LogP contribution in [0.4, 0.5) is 0 Å². The van der Waals surface area contributed by atoms with E-state index in [9.17, 15) is 0 Å². The number of unbranched alkanes of at least 4 members (excludes halogenated alkanes) is 4. The summed E-state index contributed by atoms with van der Waals surface area (Å²) < 4.78 is 16.3. The Morgan fingerprint density at radius 2 is 1.27 bits per heavy atom. The van der Waals surface area contributed by atoms with Gasteiger partial charge >= 0.3 is 0 Å². The zero-order valence-electron chi connectivity index (χ0n) is 14.7. The molecular weight excluding hydrogens is 280 g/mol. The predicted octanol–water partition coefficient (Wildman–Crippen LogP) is 1.86. The first-order valence-electron chi connectivity index (χ1n) is 8.88. The summed E-state index contributed by atoms with van der Waals surface area (Å²) in [5.41, 5.74) is 0. The van der Waals surface area contributed by atoms with E-state index >= 15 is 0 Å². The van der Waals surface area contributed by atoms with Gasteiger partial charge in [0, 0.05) is 53.0 Å². The fraction of sp³-hybridized carbons (Fsp3) is 1.00. The minimum absolute atomic E-state index is 0.724. The van der Waals surface area contributed by atoms with Crippen molar-refractivity contribution < 1.29 is 14.2 Å². The van der Waals surface area contributed by atoms with Crippen LogP contribution in [0.5, 0.6) is 0 Å². The van der Waals surface area contributed by atoms with Gasteiger partial charge in [-0.1, -0.05) is 19.3 Å². The maximum atomic E-state index is 5.64. The fourth-order valence-electron chi connectivity index (χ4n) is 2.57. The summed E-state index contributed by atoms with van der Waals surface area (Å²) in [6.07, 6.45) is 6.15. The van der Waals surface area contributed by atoms with Crippen molar-refractivity contribution in [2.45, 2.75) is 32.1 Å². The molecule has 1 rings (SSSR count). The van der Waals surface area contributed by atoms with Gasteiger partial charge in [-0.15, -0.1) is 0 Å². The van der Waals surface area contributed by atoms with Crippen LogP contribution >= 0.6 is 0 Å². The van der Waals surface area contributed by atoms with Gasteiger partial charge in [0.2, 0.25) is 0 Å². The van der Waals surface area contributed by atoms with Crippen LogP contribution in [-0.2, 0) is 14.2 Å². The smallest absolute Gasteiger partial charge is 0.0701 e. The summed E-state index contributed by atoms with van der Waals surface area (Å²) in [4.78, 5) is 4.85. The Morgan fingerprint density at radius 3 is 1.95 bits per heavy atom. The Bertz CT molecular complexity index is 234. The number of rotatable bonds is 14. The molecule has 1 aliphatic rings. The molecule has 1 fully saturated rings. The highest BCUT2D eigenvalue weighted by Gasteiger charge is 2.12. The van der Waals surface area contributed by atoms with Crippen LogP contribution in [0.2, 0.25) is 0 Å². The first-order chi connectivity index (χ1) is 10.8. The van der Waals surface area contributed by atoms with Gasteiger partial charge in [-0.25, -0.2) is 0 Å². The van der Waals surface area contributed by atoms with E-state index in [1.165, 1.54) is 51.9 Å². The lowest BCUT2D eigenvalue weighted by Gasteiger charge is -2.32. The van der Waals surface area contributed by atoms with E-state index in [2.05, 4.69) is 16.8 Å². The second-order valence-corrected chi connectivity index (χ2v) is 6.13. The molecular formula is C17H36N2O3. The Morgan fingerprint density at radius 1 is 0.682 bits per heavy atom. The van der Waals surface area contributed by atoms with Crippen molar-refractivity contribution in [1.82, 2.24) is 9.80 Å². The summed E-state index contributed by atoms with van der Waals surface area (Å²) in [6.45, 7) is 9.77. The number of piperazine rings is 1. The molecule has 0 unspecified atom stereocenters. The van der Waals surface area contributed by atoms with Gasteiger partial charge in [-0.3, -0.25) is 4.90 Å². The molecule has 0 saturated carbocycles. The third-order valence-electron chi connectivity index (χ3n) is 4.16. The van der Waals surface area contributed by atoms with Crippen molar-refractivity contribution in [3.05, 3.63) is 0 Å². The van der Waals surface area contributed by atoms with Crippen LogP contribution in [0.15, 0.2) is 0 Å². The molecule has 0 aliphatic carbocycles. The molecule has 0 spiro atoms. The number of ether oxygens (including phenoxy) is 3. The lowest BCUT2D eigenvalue weighted by Crippen LogP contribution is -2.45. The summed E-state index contributed by atoms with van der Waals surface area (Å²) >= 11 is 0. The summed E-state index contributed by atoms with van der Waals surface area (Å²) in [7, 11) is 3.95. The van der Waals surface area contributed by atoms with Crippen LogP contribution in [0, 0.1) is 0 Å². The average molecular weight is 316 g/mol. The Balaban J connectivity index is 1.71. The number of likely N-dealkylation sites (N-methyl/N-ethyl adjacent to an activating group) is 1. The highest BCUT2D eigenvalue weighted by Crippen LogP contribution is 2.03. The standard InChI is InChI=1S/C17H36N2O3/c1-18-8-10-19(11-9-18)12-15-22-17-16-21-14-7-5-3-4-6-13-20-2/h3-17H2,1-2H3. The Labute approximate surface area is 136 Å². The monoisotopic (exact) mass is 316 g/mol. The van der Waals surface area contributed by atoms with Gasteiger partial charge in [-0.05, 0) is 19.9 Å². The van der Waals surface area contributed by atoms with Crippen LogP contribution in [0.25, 0.3) is 0 Å². The molecule has 0 aromatic carbocycles. The first-order valence-corrected chi connectivity index (χ1v) is 8.88. The van der Waals surface area contributed by atoms with Crippen LogP contribution < -0.4 is 0 Å². The molecule has 0 atom stereocenters. The topological polar surface area (TPSA) is 34.2 Å². The highest BCUT2D eigenvalue weighted by atomic mass is 16.5. The minimum Gasteiger partial charge on any atom is -0.385 e. The van der Waals surface area contributed by atoms with E-state index < -0.39 is 0 Å². The van der Waals surface area contributed by atoms with Crippen molar-refractivity contribution in [3.8, 4) is 0 Å². The molecule has 1 heterocycles. The maximum Gasteiger partial charge on any atom is 0.0701 e. The largest absolute Gasteiger partial charge is 0.385 e. The number of methoxy groups -OCH3 is 1. The van der Waals surface area contributed by atoms with Gasteiger partial charge in [-0.2, -0.15) is 0 Å². The molecule has 1 saturated heterocycles. The molecule has 0 bridgehead atoms. The number of hydrogen-bond acceptors (Lipinski definition) is 5. The summed E-state index contributed by atoms with van der Waals surface area (Å²) in [5.74, 6) is 0.